The fourth-order valence-electron chi connectivity index (χ4n) is 1.54. The number of hydrogen-bond acceptors (Lipinski definition) is 1. The van der Waals surface area contributed by atoms with E-state index in [1.807, 2.05) is 20.7 Å². The molecule has 0 nitrogen and oxygen atoms in total. The molecule has 0 atom stereocenters. The van der Waals surface area contributed by atoms with Gasteiger partial charge in [0.15, 0.2) is 10.3 Å². The Morgan fingerprint density at radius 3 is 2.14 bits per heavy atom. The molecule has 0 saturated carbocycles. The summed E-state index contributed by atoms with van der Waals surface area (Å²) in [5.74, 6) is 0. The molecule has 0 amide bonds. The molecule has 2 heteroatoms. The van der Waals surface area contributed by atoms with Crippen molar-refractivity contribution < 1.29 is 0 Å². The first-order valence-electron chi connectivity index (χ1n) is 5.10. The summed E-state index contributed by atoms with van der Waals surface area (Å²) >= 11 is 0. The molecule has 1 aromatic heterocycles. The van der Waals surface area contributed by atoms with Crippen LogP contribution in [0.2, 0.25) is 0 Å². The first kappa shape index (κ1) is 12.1. The van der Waals surface area contributed by atoms with Crippen LogP contribution in [0.15, 0.2) is 5.38 Å². The third-order valence-corrected chi connectivity index (χ3v) is 4.61. The van der Waals surface area contributed by atoms with Gasteiger partial charge in [-0.25, -0.2) is 0 Å². The summed E-state index contributed by atoms with van der Waals surface area (Å²) in [5, 5.41) is 2.33. The summed E-state index contributed by atoms with van der Waals surface area (Å²) in [6.45, 7) is 13.8. The largest absolute Gasteiger partial charge is 0.292 e. The highest BCUT2D eigenvalue weighted by atomic mass is 32.9. The third-order valence-electron chi connectivity index (χ3n) is 2.02. The topological polar surface area (TPSA) is 0 Å². The van der Waals surface area contributed by atoms with E-state index in [-0.39, 0.29) is 0 Å². The molecule has 0 fully saturated rings. The maximum absolute atomic E-state index is 2.33. The smallest absolute Gasteiger partial charge is 0.0599 e. The third kappa shape index (κ3) is 3.32. The van der Waals surface area contributed by atoms with Crippen LogP contribution in [0.4, 0.5) is 0 Å². The minimum atomic E-state index is 0.311. The molecule has 0 aliphatic heterocycles. The molecule has 1 rings (SSSR count). The van der Waals surface area contributed by atoms with Crippen molar-refractivity contribution in [2.24, 2.45) is 5.41 Å². The van der Waals surface area contributed by atoms with Gasteiger partial charge in [0.05, 0.1) is 4.88 Å². The molecule has 1 aromatic rings. The van der Waals surface area contributed by atoms with E-state index in [2.05, 4.69) is 46.9 Å². The van der Waals surface area contributed by atoms with E-state index in [4.69, 9.17) is 0 Å². The Morgan fingerprint density at radius 2 is 1.71 bits per heavy atom. The highest BCUT2D eigenvalue weighted by Gasteiger charge is 2.27. The first-order chi connectivity index (χ1) is 6.20. The second-order valence-electron chi connectivity index (χ2n) is 6.14. The zero-order chi connectivity index (χ0) is 11.0. The van der Waals surface area contributed by atoms with Gasteiger partial charge in [0, 0.05) is 11.0 Å². The molecular formula is C12H21S2+. The van der Waals surface area contributed by atoms with Crippen LogP contribution in [-0.2, 0) is 11.8 Å². The van der Waals surface area contributed by atoms with Crippen molar-refractivity contribution >= 4 is 20.7 Å². The molecule has 0 unspecified atom stereocenters. The number of rotatable bonds is 1. The number of hydrogen-bond donors (Lipinski definition) is 0. The van der Waals surface area contributed by atoms with Crippen LogP contribution in [0.1, 0.15) is 52.0 Å². The standard InChI is InChI=1S/C12H21S2/c1-11(2,3)7-9-8-13-14-10(9)12(4,5)6/h8H,7H2,1-6H3/q+1. The first-order valence-corrected chi connectivity index (χ1v) is 7.32. The van der Waals surface area contributed by atoms with Crippen molar-refractivity contribution in [3.8, 4) is 0 Å². The molecule has 0 radical (unpaired) electrons. The molecule has 0 spiro atoms. The van der Waals surface area contributed by atoms with Crippen molar-refractivity contribution in [1.82, 2.24) is 0 Å². The minimum Gasteiger partial charge on any atom is -0.0599 e. The highest BCUT2D eigenvalue weighted by molar-refractivity contribution is 7.68. The van der Waals surface area contributed by atoms with Crippen LogP contribution < -0.4 is 0 Å². The van der Waals surface area contributed by atoms with E-state index in [1.54, 1.807) is 10.4 Å². The zero-order valence-electron chi connectivity index (χ0n) is 10.1. The van der Waals surface area contributed by atoms with Crippen molar-refractivity contribution in [3.63, 3.8) is 0 Å². The van der Waals surface area contributed by atoms with Gasteiger partial charge in [-0.3, -0.25) is 0 Å². The van der Waals surface area contributed by atoms with E-state index in [0.717, 1.165) is 0 Å². The molecule has 0 bridgehead atoms. The quantitative estimate of drug-likeness (QED) is 0.471. The van der Waals surface area contributed by atoms with Gasteiger partial charge in [-0.1, -0.05) is 41.5 Å². The fourth-order valence-corrected chi connectivity index (χ4v) is 4.41. The summed E-state index contributed by atoms with van der Waals surface area (Å²) in [4.78, 5) is 1.57. The maximum atomic E-state index is 2.33. The maximum Gasteiger partial charge on any atom is 0.292 e. The Hall–Kier alpha value is 0.0500. The SMILES string of the molecule is CC(C)(C)Cc1c[s+]sc1C(C)(C)C. The van der Waals surface area contributed by atoms with Crippen LogP contribution in [0.3, 0.4) is 0 Å². The van der Waals surface area contributed by atoms with Crippen molar-refractivity contribution in [2.45, 2.75) is 53.4 Å². The summed E-state index contributed by atoms with van der Waals surface area (Å²) in [5.41, 5.74) is 2.26. The lowest BCUT2D eigenvalue weighted by atomic mass is 9.84. The van der Waals surface area contributed by atoms with Crippen LogP contribution in [0.5, 0.6) is 0 Å². The van der Waals surface area contributed by atoms with Gasteiger partial charge in [-0.2, -0.15) is 0 Å². The van der Waals surface area contributed by atoms with Crippen LogP contribution >= 0.6 is 20.7 Å². The molecule has 0 aliphatic carbocycles. The Bertz CT molecular complexity index is 297. The van der Waals surface area contributed by atoms with Crippen LogP contribution in [0.25, 0.3) is 0 Å². The Labute approximate surface area is 95.4 Å². The van der Waals surface area contributed by atoms with Crippen LogP contribution in [0, 0.1) is 5.41 Å². The second-order valence-corrected chi connectivity index (χ2v) is 8.22. The monoisotopic (exact) mass is 229 g/mol. The molecule has 0 aliphatic rings. The molecule has 0 saturated heterocycles. The van der Waals surface area contributed by atoms with Crippen LogP contribution in [-0.4, -0.2) is 0 Å². The zero-order valence-corrected chi connectivity index (χ0v) is 11.7. The Morgan fingerprint density at radius 1 is 1.14 bits per heavy atom. The summed E-state index contributed by atoms with van der Waals surface area (Å²) in [6.07, 6.45) is 1.19. The summed E-state index contributed by atoms with van der Waals surface area (Å²) < 4.78 is 0. The van der Waals surface area contributed by atoms with Gasteiger partial charge in [0.25, 0.3) is 10.3 Å². The molecule has 80 valence electrons. The predicted molar refractivity (Wildman–Crippen MR) is 68.5 cm³/mol. The molecule has 0 aromatic carbocycles. The van der Waals surface area contributed by atoms with Crippen molar-refractivity contribution in [2.75, 3.05) is 0 Å². The van der Waals surface area contributed by atoms with Crippen molar-refractivity contribution in [1.29, 1.82) is 0 Å². The average molecular weight is 229 g/mol. The summed E-state index contributed by atoms with van der Waals surface area (Å²) in [6, 6.07) is 0. The van der Waals surface area contributed by atoms with E-state index in [9.17, 15) is 0 Å². The van der Waals surface area contributed by atoms with E-state index >= 15 is 0 Å². The van der Waals surface area contributed by atoms with Gasteiger partial charge < -0.3 is 0 Å². The van der Waals surface area contributed by atoms with Gasteiger partial charge in [-0.05, 0) is 11.8 Å². The molecule has 1 heterocycles. The van der Waals surface area contributed by atoms with E-state index < -0.39 is 0 Å². The highest BCUT2D eigenvalue weighted by Crippen LogP contribution is 2.36. The predicted octanol–water partition coefficient (Wildman–Crippen LogP) is 4.98. The normalized spacial score (nSPS) is 13.3. The lowest BCUT2D eigenvalue weighted by Gasteiger charge is -2.21. The van der Waals surface area contributed by atoms with Crippen molar-refractivity contribution in [3.05, 3.63) is 15.8 Å². The molecular weight excluding hydrogens is 208 g/mol. The van der Waals surface area contributed by atoms with Gasteiger partial charge >= 0.3 is 0 Å². The average Bonchev–Trinajstić information content (AvgIpc) is 2.29. The van der Waals surface area contributed by atoms with E-state index in [1.165, 1.54) is 6.42 Å². The minimum absolute atomic E-state index is 0.311. The second kappa shape index (κ2) is 3.90. The lowest BCUT2D eigenvalue weighted by molar-refractivity contribution is 0.408. The van der Waals surface area contributed by atoms with E-state index in [0.29, 0.717) is 10.8 Å². The molecule has 0 N–H and O–H groups in total. The van der Waals surface area contributed by atoms with Gasteiger partial charge in [0.2, 0.25) is 5.38 Å². The Balaban J connectivity index is 2.95. The lowest BCUT2D eigenvalue weighted by Crippen LogP contribution is -2.15. The van der Waals surface area contributed by atoms with Gasteiger partial charge in [0.1, 0.15) is 0 Å². The molecule has 14 heavy (non-hydrogen) atoms. The fraction of sp³-hybridized carbons (Fsp3) is 0.750. The van der Waals surface area contributed by atoms with Gasteiger partial charge in [-0.15, -0.1) is 0 Å². The Kier molecular flexibility index (Phi) is 3.37. The summed E-state index contributed by atoms with van der Waals surface area (Å²) in [7, 11) is 3.81.